The van der Waals surface area contributed by atoms with E-state index in [2.05, 4.69) is 6.58 Å². The number of ether oxygens (including phenoxy) is 2. The summed E-state index contributed by atoms with van der Waals surface area (Å²) in [6.07, 6.45) is 0. The molecule has 1 aromatic carbocycles. The number of hydrogen-bond acceptors (Lipinski definition) is 3. The second-order valence-electron chi connectivity index (χ2n) is 2.86. The molecule has 0 aliphatic carbocycles. The average Bonchev–Trinajstić information content (AvgIpc) is 2.27. The average molecular weight is 211 g/mol. The SMILES string of the molecule is C=C1COc2ccc(Cl)cc2C(=O)O1. The third-order valence-electron chi connectivity index (χ3n) is 1.79. The first-order valence-electron chi connectivity index (χ1n) is 3.99. The molecule has 1 aromatic rings. The summed E-state index contributed by atoms with van der Waals surface area (Å²) in [6, 6.07) is 4.80. The Hall–Kier alpha value is -1.48. The number of halogens is 1. The van der Waals surface area contributed by atoms with E-state index in [0.717, 1.165) is 0 Å². The molecular formula is C10H7ClO3. The van der Waals surface area contributed by atoms with E-state index in [1.165, 1.54) is 6.07 Å². The van der Waals surface area contributed by atoms with Gasteiger partial charge in [0.15, 0.2) is 0 Å². The molecule has 0 saturated carbocycles. The van der Waals surface area contributed by atoms with Crippen molar-refractivity contribution in [2.45, 2.75) is 0 Å². The molecule has 0 N–H and O–H groups in total. The van der Waals surface area contributed by atoms with Crippen LogP contribution in [-0.2, 0) is 4.74 Å². The van der Waals surface area contributed by atoms with Crippen LogP contribution in [0.5, 0.6) is 5.75 Å². The highest BCUT2D eigenvalue weighted by atomic mass is 35.5. The van der Waals surface area contributed by atoms with Crippen LogP contribution in [0.2, 0.25) is 5.02 Å². The molecule has 0 amide bonds. The van der Waals surface area contributed by atoms with Gasteiger partial charge < -0.3 is 9.47 Å². The summed E-state index contributed by atoms with van der Waals surface area (Å²) in [4.78, 5) is 11.4. The molecule has 0 atom stereocenters. The molecule has 0 bridgehead atoms. The minimum Gasteiger partial charge on any atom is -0.485 e. The maximum absolute atomic E-state index is 11.4. The summed E-state index contributed by atoms with van der Waals surface area (Å²) in [5.41, 5.74) is 0.330. The van der Waals surface area contributed by atoms with Crippen molar-refractivity contribution in [2.24, 2.45) is 0 Å². The summed E-state index contributed by atoms with van der Waals surface area (Å²) in [5, 5.41) is 0.469. The molecule has 72 valence electrons. The largest absolute Gasteiger partial charge is 0.485 e. The summed E-state index contributed by atoms with van der Waals surface area (Å²) >= 11 is 5.75. The molecule has 0 spiro atoms. The van der Waals surface area contributed by atoms with Gasteiger partial charge in [0.1, 0.15) is 23.7 Å². The lowest BCUT2D eigenvalue weighted by atomic mass is 10.2. The minimum absolute atomic E-state index is 0.181. The fourth-order valence-corrected chi connectivity index (χ4v) is 1.33. The molecule has 0 radical (unpaired) electrons. The Bertz CT molecular complexity index is 412. The Kier molecular flexibility index (Phi) is 2.17. The molecular weight excluding hydrogens is 204 g/mol. The number of carbonyl (C=O) groups excluding carboxylic acids is 1. The van der Waals surface area contributed by atoms with Gasteiger partial charge in [0.05, 0.1) is 0 Å². The van der Waals surface area contributed by atoms with Gasteiger partial charge in [0, 0.05) is 5.02 Å². The topological polar surface area (TPSA) is 35.5 Å². The lowest BCUT2D eigenvalue weighted by Gasteiger charge is -2.03. The van der Waals surface area contributed by atoms with Gasteiger partial charge in [-0.2, -0.15) is 0 Å². The molecule has 1 aliphatic rings. The number of hydrogen-bond donors (Lipinski definition) is 0. The fourth-order valence-electron chi connectivity index (χ4n) is 1.16. The van der Waals surface area contributed by atoms with Crippen molar-refractivity contribution in [2.75, 3.05) is 6.61 Å². The molecule has 0 fully saturated rings. The van der Waals surface area contributed by atoms with E-state index in [9.17, 15) is 4.79 Å². The van der Waals surface area contributed by atoms with Crippen LogP contribution in [0.3, 0.4) is 0 Å². The number of benzene rings is 1. The van der Waals surface area contributed by atoms with Crippen LogP contribution in [0.15, 0.2) is 30.5 Å². The van der Waals surface area contributed by atoms with Crippen LogP contribution in [0.4, 0.5) is 0 Å². The van der Waals surface area contributed by atoms with E-state index in [-0.39, 0.29) is 6.61 Å². The van der Waals surface area contributed by atoms with Crippen LogP contribution < -0.4 is 4.74 Å². The number of cyclic esters (lactones) is 1. The van der Waals surface area contributed by atoms with E-state index in [1.54, 1.807) is 12.1 Å². The van der Waals surface area contributed by atoms with Gasteiger partial charge in [0.2, 0.25) is 0 Å². The second-order valence-corrected chi connectivity index (χ2v) is 3.29. The predicted octanol–water partition coefficient (Wildman–Crippen LogP) is 2.40. The lowest BCUT2D eigenvalue weighted by molar-refractivity contribution is 0.0619. The molecule has 4 heteroatoms. The van der Waals surface area contributed by atoms with Crippen LogP contribution in [0.25, 0.3) is 0 Å². The summed E-state index contributed by atoms with van der Waals surface area (Å²) in [7, 11) is 0. The first kappa shape index (κ1) is 9.09. The van der Waals surface area contributed by atoms with Crippen molar-refractivity contribution in [3.63, 3.8) is 0 Å². The number of rotatable bonds is 0. The molecule has 2 rings (SSSR count). The summed E-state index contributed by atoms with van der Waals surface area (Å²) in [6.45, 7) is 3.71. The normalized spacial score (nSPS) is 15.2. The monoisotopic (exact) mass is 210 g/mol. The van der Waals surface area contributed by atoms with Crippen molar-refractivity contribution in [1.82, 2.24) is 0 Å². The maximum atomic E-state index is 11.4. The number of carbonyl (C=O) groups is 1. The predicted molar refractivity (Wildman–Crippen MR) is 51.5 cm³/mol. The van der Waals surface area contributed by atoms with Crippen molar-refractivity contribution in [3.8, 4) is 5.75 Å². The van der Waals surface area contributed by atoms with E-state index in [1.807, 2.05) is 0 Å². The van der Waals surface area contributed by atoms with Crippen molar-refractivity contribution < 1.29 is 14.3 Å². The van der Waals surface area contributed by atoms with Crippen molar-refractivity contribution >= 4 is 17.6 Å². The standard InChI is InChI=1S/C10H7ClO3/c1-6-5-13-9-3-2-7(11)4-8(9)10(12)14-6/h2-4H,1,5H2. The highest BCUT2D eigenvalue weighted by molar-refractivity contribution is 6.31. The Morgan fingerprint density at radius 1 is 1.43 bits per heavy atom. The van der Waals surface area contributed by atoms with E-state index in [0.29, 0.717) is 22.1 Å². The van der Waals surface area contributed by atoms with Gasteiger partial charge in [-0.05, 0) is 18.2 Å². The van der Waals surface area contributed by atoms with Gasteiger partial charge >= 0.3 is 5.97 Å². The lowest BCUT2D eigenvalue weighted by Crippen LogP contribution is -2.02. The highest BCUT2D eigenvalue weighted by Gasteiger charge is 2.20. The van der Waals surface area contributed by atoms with Crippen LogP contribution >= 0.6 is 11.6 Å². The van der Waals surface area contributed by atoms with Crippen molar-refractivity contribution in [1.29, 1.82) is 0 Å². The highest BCUT2D eigenvalue weighted by Crippen LogP contribution is 2.26. The number of fused-ring (bicyclic) bond motifs is 1. The molecule has 1 aliphatic heterocycles. The maximum Gasteiger partial charge on any atom is 0.347 e. The Morgan fingerprint density at radius 3 is 3.00 bits per heavy atom. The third kappa shape index (κ3) is 1.59. The van der Waals surface area contributed by atoms with E-state index in [4.69, 9.17) is 21.1 Å². The first-order valence-corrected chi connectivity index (χ1v) is 4.37. The van der Waals surface area contributed by atoms with E-state index >= 15 is 0 Å². The quantitative estimate of drug-likeness (QED) is 0.617. The number of esters is 1. The van der Waals surface area contributed by atoms with Crippen LogP contribution in [0.1, 0.15) is 10.4 Å². The van der Waals surface area contributed by atoms with Gasteiger partial charge in [-0.25, -0.2) is 4.79 Å². The minimum atomic E-state index is -0.481. The second kappa shape index (κ2) is 3.35. The molecule has 0 saturated heterocycles. The molecule has 0 aromatic heterocycles. The Labute approximate surface area is 85.9 Å². The molecule has 1 heterocycles. The van der Waals surface area contributed by atoms with Crippen LogP contribution in [0, 0.1) is 0 Å². The third-order valence-corrected chi connectivity index (χ3v) is 2.02. The van der Waals surface area contributed by atoms with Gasteiger partial charge in [-0.1, -0.05) is 18.2 Å². The summed E-state index contributed by atoms with van der Waals surface area (Å²) in [5.74, 6) is 0.283. The van der Waals surface area contributed by atoms with E-state index < -0.39 is 5.97 Å². The Morgan fingerprint density at radius 2 is 2.21 bits per heavy atom. The van der Waals surface area contributed by atoms with Crippen molar-refractivity contribution in [3.05, 3.63) is 41.1 Å². The fraction of sp³-hybridized carbons (Fsp3) is 0.100. The molecule has 3 nitrogen and oxygen atoms in total. The zero-order valence-corrected chi connectivity index (χ0v) is 8.00. The van der Waals surface area contributed by atoms with Gasteiger partial charge in [0.25, 0.3) is 0 Å². The van der Waals surface area contributed by atoms with Gasteiger partial charge in [-0.15, -0.1) is 0 Å². The Balaban J connectivity index is 2.49. The molecule has 0 unspecified atom stereocenters. The van der Waals surface area contributed by atoms with Crippen LogP contribution in [-0.4, -0.2) is 12.6 Å². The smallest absolute Gasteiger partial charge is 0.347 e. The zero-order valence-electron chi connectivity index (χ0n) is 7.25. The molecule has 14 heavy (non-hydrogen) atoms. The summed E-state index contributed by atoms with van der Waals surface area (Å²) < 4.78 is 10.2. The first-order chi connectivity index (χ1) is 6.66. The zero-order chi connectivity index (χ0) is 10.1. The van der Waals surface area contributed by atoms with Gasteiger partial charge in [-0.3, -0.25) is 0 Å².